The fourth-order valence-corrected chi connectivity index (χ4v) is 1.29. The summed E-state index contributed by atoms with van der Waals surface area (Å²) in [5, 5.41) is 11.9. The van der Waals surface area contributed by atoms with Crippen LogP contribution in [0.4, 0.5) is 0 Å². The van der Waals surface area contributed by atoms with Crippen molar-refractivity contribution >= 4 is 6.29 Å². The van der Waals surface area contributed by atoms with Gasteiger partial charge in [0, 0.05) is 5.54 Å². The van der Waals surface area contributed by atoms with Crippen LogP contribution >= 0.6 is 0 Å². The summed E-state index contributed by atoms with van der Waals surface area (Å²) in [7, 11) is 0. The largest absolute Gasteiger partial charge is 0.394 e. The lowest BCUT2D eigenvalue weighted by Crippen LogP contribution is -2.43. The van der Waals surface area contributed by atoms with Crippen molar-refractivity contribution in [2.24, 2.45) is 0 Å². The smallest absolute Gasteiger partial charge is 0.136 e. The number of carbonyl (C=O) groups excluding carboxylic acids is 1. The molecule has 1 rings (SSSR count). The number of hydrogen-bond donors (Lipinski definition) is 2. The molecule has 0 aliphatic carbocycles. The first-order chi connectivity index (χ1) is 4.70. The lowest BCUT2D eigenvalue weighted by molar-refractivity contribution is -0.109. The lowest BCUT2D eigenvalue weighted by Gasteiger charge is -2.21. The van der Waals surface area contributed by atoms with Gasteiger partial charge in [-0.05, 0) is 19.8 Å². The molecular weight excluding hydrogens is 130 g/mol. The second-order valence-electron chi connectivity index (χ2n) is 3.14. The molecule has 0 saturated carbocycles. The number of aliphatic hydroxyl groups is 1. The first kappa shape index (κ1) is 7.69. The number of carbonyl (C=O) groups is 1. The molecule has 0 spiro atoms. The molecule has 1 unspecified atom stereocenters. The summed E-state index contributed by atoms with van der Waals surface area (Å²) in [6, 6.07) is -0.0443. The second kappa shape index (κ2) is 2.68. The molecule has 0 aromatic heterocycles. The minimum Gasteiger partial charge on any atom is -0.394 e. The fraction of sp³-hybridized carbons (Fsp3) is 0.857. The average Bonchev–Trinajstić information content (AvgIpc) is 2.33. The molecule has 0 aromatic carbocycles. The molecule has 1 fully saturated rings. The molecular formula is C7H13NO2. The first-order valence-electron chi connectivity index (χ1n) is 3.54. The normalized spacial score (nSPS) is 40.0. The summed E-state index contributed by atoms with van der Waals surface area (Å²) in [6.07, 6.45) is 2.63. The Hall–Kier alpha value is -0.410. The molecule has 1 saturated heterocycles. The molecule has 3 heteroatoms. The van der Waals surface area contributed by atoms with Crippen LogP contribution in [0.1, 0.15) is 19.8 Å². The molecule has 1 heterocycles. The van der Waals surface area contributed by atoms with Gasteiger partial charge in [-0.2, -0.15) is 0 Å². The predicted octanol–water partition coefficient (Wildman–Crippen LogP) is -0.312. The van der Waals surface area contributed by atoms with Gasteiger partial charge in [-0.1, -0.05) is 0 Å². The molecule has 1 aliphatic rings. The van der Waals surface area contributed by atoms with Crippen molar-refractivity contribution < 1.29 is 9.90 Å². The molecule has 58 valence electrons. The second-order valence-corrected chi connectivity index (χ2v) is 3.14. The minimum absolute atomic E-state index is 0.0443. The zero-order valence-electron chi connectivity index (χ0n) is 6.13. The van der Waals surface area contributed by atoms with Gasteiger partial charge in [0.2, 0.25) is 0 Å². The van der Waals surface area contributed by atoms with Crippen molar-refractivity contribution in [3.63, 3.8) is 0 Å². The van der Waals surface area contributed by atoms with Crippen molar-refractivity contribution in [1.82, 2.24) is 5.32 Å². The lowest BCUT2D eigenvalue weighted by atomic mass is 10.0. The Bertz CT molecular complexity index is 138. The van der Waals surface area contributed by atoms with Crippen LogP contribution in [0.5, 0.6) is 0 Å². The maximum Gasteiger partial charge on any atom is 0.136 e. The van der Waals surface area contributed by atoms with E-state index < -0.39 is 0 Å². The average molecular weight is 143 g/mol. The molecule has 1 aliphatic heterocycles. The highest BCUT2D eigenvalue weighted by Crippen LogP contribution is 2.20. The maximum absolute atomic E-state index is 10.3. The summed E-state index contributed by atoms with van der Waals surface area (Å²) >= 11 is 0. The van der Waals surface area contributed by atoms with E-state index >= 15 is 0 Å². The van der Waals surface area contributed by atoms with Crippen LogP contribution < -0.4 is 5.32 Å². The van der Waals surface area contributed by atoms with Gasteiger partial charge in [0.1, 0.15) is 6.29 Å². The van der Waals surface area contributed by atoms with Crippen molar-refractivity contribution in [3.8, 4) is 0 Å². The summed E-state index contributed by atoms with van der Waals surface area (Å²) in [5.74, 6) is 0. The van der Waals surface area contributed by atoms with E-state index in [4.69, 9.17) is 5.11 Å². The Kier molecular flexibility index (Phi) is 2.06. The van der Waals surface area contributed by atoms with Gasteiger partial charge in [0.15, 0.2) is 0 Å². The van der Waals surface area contributed by atoms with Gasteiger partial charge < -0.3 is 15.2 Å². The van der Waals surface area contributed by atoms with E-state index in [0.717, 1.165) is 19.1 Å². The zero-order chi connectivity index (χ0) is 7.61. The van der Waals surface area contributed by atoms with Gasteiger partial charge in [-0.15, -0.1) is 0 Å². The van der Waals surface area contributed by atoms with Gasteiger partial charge in [0.25, 0.3) is 0 Å². The fourth-order valence-electron chi connectivity index (χ4n) is 1.29. The van der Waals surface area contributed by atoms with E-state index in [0.29, 0.717) is 0 Å². The highest BCUT2D eigenvalue weighted by Gasteiger charge is 2.32. The Labute approximate surface area is 60.4 Å². The van der Waals surface area contributed by atoms with Gasteiger partial charge in [-0.25, -0.2) is 0 Å². The summed E-state index contributed by atoms with van der Waals surface area (Å²) < 4.78 is 0. The molecule has 2 atom stereocenters. The molecule has 0 radical (unpaired) electrons. The van der Waals surface area contributed by atoms with Crippen LogP contribution in [-0.4, -0.2) is 29.6 Å². The molecule has 3 nitrogen and oxygen atoms in total. The Morgan fingerprint density at radius 1 is 1.90 bits per heavy atom. The third-order valence-electron chi connectivity index (χ3n) is 2.05. The van der Waals surface area contributed by atoms with Crippen molar-refractivity contribution in [2.45, 2.75) is 31.3 Å². The van der Waals surface area contributed by atoms with Gasteiger partial charge >= 0.3 is 0 Å². The molecule has 0 aromatic rings. The van der Waals surface area contributed by atoms with Crippen LogP contribution in [0.25, 0.3) is 0 Å². The van der Waals surface area contributed by atoms with Crippen molar-refractivity contribution in [3.05, 3.63) is 0 Å². The van der Waals surface area contributed by atoms with E-state index in [1.165, 1.54) is 0 Å². The molecule has 10 heavy (non-hydrogen) atoms. The Morgan fingerprint density at radius 3 is 2.90 bits per heavy atom. The van der Waals surface area contributed by atoms with Crippen LogP contribution in [0, 0.1) is 0 Å². The Morgan fingerprint density at radius 2 is 2.60 bits per heavy atom. The first-order valence-corrected chi connectivity index (χ1v) is 3.54. The van der Waals surface area contributed by atoms with Gasteiger partial charge in [-0.3, -0.25) is 0 Å². The molecule has 0 amide bonds. The molecule has 0 bridgehead atoms. The van der Waals surface area contributed by atoms with Crippen LogP contribution in [0.15, 0.2) is 0 Å². The van der Waals surface area contributed by atoms with Crippen LogP contribution in [0.2, 0.25) is 0 Å². The van der Waals surface area contributed by atoms with Crippen molar-refractivity contribution in [2.75, 3.05) is 6.61 Å². The van der Waals surface area contributed by atoms with E-state index in [2.05, 4.69) is 5.32 Å². The highest BCUT2D eigenvalue weighted by molar-refractivity contribution is 5.58. The predicted molar refractivity (Wildman–Crippen MR) is 37.7 cm³/mol. The quantitative estimate of drug-likeness (QED) is 0.521. The van der Waals surface area contributed by atoms with Crippen molar-refractivity contribution in [1.29, 1.82) is 0 Å². The number of rotatable bonds is 2. The third kappa shape index (κ3) is 1.36. The number of hydrogen-bond acceptors (Lipinski definition) is 3. The van der Waals surface area contributed by atoms with Gasteiger partial charge in [0.05, 0.1) is 12.6 Å². The summed E-state index contributed by atoms with van der Waals surface area (Å²) in [4.78, 5) is 10.3. The topological polar surface area (TPSA) is 49.3 Å². The zero-order valence-corrected chi connectivity index (χ0v) is 6.13. The maximum atomic E-state index is 10.3. The van der Waals surface area contributed by atoms with Crippen LogP contribution in [-0.2, 0) is 4.79 Å². The standard InChI is InChI=1S/C7H13NO2/c1-7(5-10)3-2-6(4-9)8-7/h4,6,8,10H,2-3,5H2,1H3/t6?,7-/m0/s1. The number of aldehydes is 1. The number of aliphatic hydroxyl groups excluding tert-OH is 1. The van der Waals surface area contributed by atoms with E-state index in [9.17, 15) is 4.79 Å². The summed E-state index contributed by atoms with van der Waals surface area (Å²) in [5.41, 5.74) is -0.217. The number of nitrogens with one attached hydrogen (secondary N) is 1. The summed E-state index contributed by atoms with van der Waals surface area (Å²) in [6.45, 7) is 2.04. The molecule has 2 N–H and O–H groups in total. The third-order valence-corrected chi connectivity index (χ3v) is 2.05. The minimum atomic E-state index is -0.217. The highest BCUT2D eigenvalue weighted by atomic mass is 16.3. The SMILES string of the molecule is C[C@@]1(CO)CCC(C=O)N1. The van der Waals surface area contributed by atoms with E-state index in [-0.39, 0.29) is 18.2 Å². The van der Waals surface area contributed by atoms with E-state index in [1.807, 2.05) is 6.92 Å². The van der Waals surface area contributed by atoms with E-state index in [1.54, 1.807) is 0 Å². The monoisotopic (exact) mass is 143 g/mol. The van der Waals surface area contributed by atoms with Crippen LogP contribution in [0.3, 0.4) is 0 Å². The Balaban J connectivity index is 2.48.